The maximum atomic E-state index is 11.1. The molecule has 2 rings (SSSR count). The summed E-state index contributed by atoms with van der Waals surface area (Å²) in [5.41, 5.74) is -0.0976. The third-order valence-electron chi connectivity index (χ3n) is 2.33. The molecule has 2 aromatic rings. The second-order valence-electron chi connectivity index (χ2n) is 3.64. The standard InChI is InChI=1S/C12H7ClN2O4S/c13-9-5-7(15(18)19)6-14-11(9)20-10-4-2-1-3-8(10)12(16)17/h1-6H,(H,16,17). The largest absolute Gasteiger partial charge is 0.478 e. The van der Waals surface area contributed by atoms with Crippen LogP contribution in [-0.4, -0.2) is 21.0 Å². The van der Waals surface area contributed by atoms with Crippen LogP contribution in [0.3, 0.4) is 0 Å². The van der Waals surface area contributed by atoms with Crippen molar-refractivity contribution in [2.45, 2.75) is 9.92 Å². The number of nitrogens with zero attached hydrogens (tertiary/aromatic N) is 2. The molecule has 0 amide bonds. The van der Waals surface area contributed by atoms with Gasteiger partial charge in [-0.3, -0.25) is 10.1 Å². The summed E-state index contributed by atoms with van der Waals surface area (Å²) in [5, 5.41) is 20.1. The van der Waals surface area contributed by atoms with Crippen molar-refractivity contribution < 1.29 is 14.8 Å². The van der Waals surface area contributed by atoms with E-state index < -0.39 is 10.9 Å². The van der Waals surface area contributed by atoms with Gasteiger partial charge in [-0.05, 0) is 12.1 Å². The minimum Gasteiger partial charge on any atom is -0.478 e. The predicted molar refractivity (Wildman–Crippen MR) is 73.4 cm³/mol. The molecular weight excluding hydrogens is 304 g/mol. The van der Waals surface area contributed by atoms with E-state index in [1.165, 1.54) is 12.1 Å². The van der Waals surface area contributed by atoms with E-state index in [4.69, 9.17) is 16.7 Å². The minimum atomic E-state index is -1.06. The zero-order chi connectivity index (χ0) is 14.7. The molecule has 0 aliphatic heterocycles. The number of hydrogen-bond acceptors (Lipinski definition) is 5. The number of nitro groups is 1. The van der Waals surface area contributed by atoms with E-state index >= 15 is 0 Å². The fourth-order valence-electron chi connectivity index (χ4n) is 1.43. The van der Waals surface area contributed by atoms with Gasteiger partial charge >= 0.3 is 5.97 Å². The average Bonchev–Trinajstić information content (AvgIpc) is 2.41. The summed E-state index contributed by atoms with van der Waals surface area (Å²) < 4.78 is 0. The first-order valence-electron chi connectivity index (χ1n) is 5.29. The number of aromatic carboxylic acids is 1. The number of hydrogen-bond donors (Lipinski definition) is 1. The first-order chi connectivity index (χ1) is 9.49. The van der Waals surface area contributed by atoms with Gasteiger partial charge in [0.05, 0.1) is 15.5 Å². The maximum absolute atomic E-state index is 11.1. The van der Waals surface area contributed by atoms with E-state index in [2.05, 4.69) is 4.98 Å². The Hall–Kier alpha value is -2.12. The molecule has 0 radical (unpaired) electrons. The molecule has 0 bridgehead atoms. The number of carboxylic acids is 1. The van der Waals surface area contributed by atoms with Crippen molar-refractivity contribution in [3.63, 3.8) is 0 Å². The summed E-state index contributed by atoms with van der Waals surface area (Å²) in [4.78, 5) is 25.4. The monoisotopic (exact) mass is 310 g/mol. The van der Waals surface area contributed by atoms with Gasteiger partial charge in [0.1, 0.15) is 11.2 Å². The molecule has 20 heavy (non-hydrogen) atoms. The topological polar surface area (TPSA) is 93.3 Å². The van der Waals surface area contributed by atoms with Gasteiger partial charge in [0, 0.05) is 11.0 Å². The third kappa shape index (κ3) is 3.06. The molecular formula is C12H7ClN2O4S. The summed E-state index contributed by atoms with van der Waals surface area (Å²) in [5.74, 6) is -1.06. The molecule has 0 spiro atoms. The fraction of sp³-hybridized carbons (Fsp3) is 0. The summed E-state index contributed by atoms with van der Waals surface area (Å²) in [6.45, 7) is 0. The lowest BCUT2D eigenvalue weighted by molar-refractivity contribution is -0.385. The molecule has 1 heterocycles. The molecule has 1 aromatic carbocycles. The van der Waals surface area contributed by atoms with Crippen LogP contribution in [0.2, 0.25) is 5.02 Å². The maximum Gasteiger partial charge on any atom is 0.336 e. The number of rotatable bonds is 4. The van der Waals surface area contributed by atoms with E-state index in [1.54, 1.807) is 18.2 Å². The van der Waals surface area contributed by atoms with Crippen LogP contribution in [0.5, 0.6) is 0 Å². The van der Waals surface area contributed by atoms with Crippen molar-refractivity contribution in [3.05, 3.63) is 57.2 Å². The fourth-order valence-corrected chi connectivity index (χ4v) is 2.59. The van der Waals surface area contributed by atoms with Crippen LogP contribution in [0.4, 0.5) is 5.69 Å². The highest BCUT2D eigenvalue weighted by Crippen LogP contribution is 2.34. The minimum absolute atomic E-state index is 0.101. The van der Waals surface area contributed by atoms with Crippen LogP contribution >= 0.6 is 23.4 Å². The Morgan fingerprint density at radius 2 is 2.10 bits per heavy atom. The van der Waals surface area contributed by atoms with Crippen LogP contribution in [-0.2, 0) is 0 Å². The highest BCUT2D eigenvalue weighted by atomic mass is 35.5. The molecule has 0 saturated carbocycles. The smallest absolute Gasteiger partial charge is 0.336 e. The third-order valence-corrected chi connectivity index (χ3v) is 3.82. The molecule has 0 saturated heterocycles. The van der Waals surface area contributed by atoms with Crippen molar-refractivity contribution in [1.82, 2.24) is 4.98 Å². The predicted octanol–water partition coefficient (Wildman–Crippen LogP) is 3.49. The number of benzene rings is 1. The van der Waals surface area contributed by atoms with E-state index in [9.17, 15) is 14.9 Å². The van der Waals surface area contributed by atoms with Gasteiger partial charge in [0.15, 0.2) is 0 Å². The molecule has 8 heteroatoms. The second kappa shape index (κ2) is 5.89. The molecule has 0 unspecified atom stereocenters. The molecule has 0 aliphatic rings. The van der Waals surface area contributed by atoms with Crippen LogP contribution < -0.4 is 0 Å². The van der Waals surface area contributed by atoms with E-state index in [1.807, 2.05) is 0 Å². The van der Waals surface area contributed by atoms with Crippen molar-refractivity contribution in [2.75, 3.05) is 0 Å². The van der Waals surface area contributed by atoms with Crippen molar-refractivity contribution in [3.8, 4) is 0 Å². The Bertz CT molecular complexity index is 693. The highest BCUT2D eigenvalue weighted by Gasteiger charge is 2.15. The lowest BCUT2D eigenvalue weighted by atomic mass is 10.2. The average molecular weight is 311 g/mol. The molecule has 1 N–H and O–H groups in total. The van der Waals surface area contributed by atoms with Crippen molar-refractivity contribution >= 4 is 35.0 Å². The van der Waals surface area contributed by atoms with E-state index in [0.717, 1.165) is 18.0 Å². The van der Waals surface area contributed by atoms with Gasteiger partial charge in [0.25, 0.3) is 5.69 Å². The summed E-state index contributed by atoms with van der Waals surface area (Å²) >= 11 is 6.96. The zero-order valence-electron chi connectivity index (χ0n) is 9.82. The number of halogens is 1. The zero-order valence-corrected chi connectivity index (χ0v) is 11.4. The molecule has 0 fully saturated rings. The Kier molecular flexibility index (Phi) is 4.21. The van der Waals surface area contributed by atoms with Crippen molar-refractivity contribution in [2.24, 2.45) is 0 Å². The van der Waals surface area contributed by atoms with E-state index in [-0.39, 0.29) is 16.3 Å². The molecule has 0 atom stereocenters. The van der Waals surface area contributed by atoms with Crippen LogP contribution in [0.25, 0.3) is 0 Å². The highest BCUT2D eigenvalue weighted by molar-refractivity contribution is 7.99. The number of carboxylic acid groups (broad SMARTS) is 1. The Morgan fingerprint density at radius 1 is 1.40 bits per heavy atom. The Morgan fingerprint density at radius 3 is 2.70 bits per heavy atom. The van der Waals surface area contributed by atoms with Gasteiger partial charge in [-0.2, -0.15) is 0 Å². The Labute approximate surface area is 122 Å². The number of aromatic nitrogens is 1. The van der Waals surface area contributed by atoms with Crippen molar-refractivity contribution in [1.29, 1.82) is 0 Å². The lowest BCUT2D eigenvalue weighted by Gasteiger charge is -2.06. The first kappa shape index (κ1) is 14.3. The number of carbonyl (C=O) groups is 1. The van der Waals surface area contributed by atoms with Crippen LogP contribution in [0, 0.1) is 10.1 Å². The summed E-state index contributed by atoms with van der Waals surface area (Å²) in [7, 11) is 0. The van der Waals surface area contributed by atoms with Gasteiger partial charge < -0.3 is 5.11 Å². The second-order valence-corrected chi connectivity index (χ2v) is 5.08. The summed E-state index contributed by atoms with van der Waals surface area (Å²) in [6.07, 6.45) is 1.08. The SMILES string of the molecule is O=C(O)c1ccccc1Sc1ncc([N+](=O)[O-])cc1Cl. The van der Waals surface area contributed by atoms with Gasteiger partial charge in [0.2, 0.25) is 0 Å². The van der Waals surface area contributed by atoms with Crippen LogP contribution in [0.15, 0.2) is 46.5 Å². The van der Waals surface area contributed by atoms with Gasteiger partial charge in [-0.1, -0.05) is 35.5 Å². The lowest BCUT2D eigenvalue weighted by Crippen LogP contribution is -1.98. The molecule has 6 nitrogen and oxygen atoms in total. The van der Waals surface area contributed by atoms with Gasteiger partial charge in [-0.25, -0.2) is 9.78 Å². The van der Waals surface area contributed by atoms with Gasteiger partial charge in [-0.15, -0.1) is 0 Å². The van der Waals surface area contributed by atoms with Crippen LogP contribution in [0.1, 0.15) is 10.4 Å². The molecule has 1 aromatic heterocycles. The first-order valence-corrected chi connectivity index (χ1v) is 6.48. The number of pyridine rings is 1. The quantitative estimate of drug-likeness (QED) is 0.686. The molecule has 0 aliphatic carbocycles. The molecule has 102 valence electrons. The summed E-state index contributed by atoms with van der Waals surface area (Å²) in [6, 6.07) is 7.56. The normalized spacial score (nSPS) is 10.2. The Balaban J connectivity index is 2.36. The van der Waals surface area contributed by atoms with E-state index in [0.29, 0.717) is 9.92 Å².